The van der Waals surface area contributed by atoms with Crippen LogP contribution in [0.3, 0.4) is 0 Å². The molecule has 0 radical (unpaired) electrons. The van der Waals surface area contributed by atoms with Crippen molar-refractivity contribution in [3.8, 4) is 11.5 Å². The van der Waals surface area contributed by atoms with Gasteiger partial charge in [-0.3, -0.25) is 4.79 Å². The maximum Gasteiger partial charge on any atom is 0.274 e. The molecular formula is C29H40F3N7O5S. The summed E-state index contributed by atoms with van der Waals surface area (Å²) in [5, 5.41) is 5.07. The maximum absolute atomic E-state index is 14.2. The predicted molar refractivity (Wildman–Crippen MR) is 160 cm³/mol. The summed E-state index contributed by atoms with van der Waals surface area (Å²) in [5.74, 6) is -0.609. The SMILES string of the molecule is CC(C)N(CC(F)F)C(=O)c1cc(F)ccc1Oc1cncnc1N1CC2(CCN(C[C@@H]3CC[C@@H](NS(N)(=O)=O)CO3)CC2)C1. The summed E-state index contributed by atoms with van der Waals surface area (Å²) >= 11 is 0. The highest BCUT2D eigenvalue weighted by atomic mass is 32.2. The lowest BCUT2D eigenvalue weighted by molar-refractivity contribution is -0.0299. The van der Waals surface area contributed by atoms with Crippen LogP contribution in [-0.4, -0.2) is 105 Å². The largest absolute Gasteiger partial charge is 0.451 e. The quantitative estimate of drug-likeness (QED) is 0.374. The van der Waals surface area contributed by atoms with Crippen molar-refractivity contribution < 1.29 is 35.9 Å². The number of hydrogen-bond donors (Lipinski definition) is 2. The summed E-state index contributed by atoms with van der Waals surface area (Å²) in [5.41, 5.74) is -0.0505. The summed E-state index contributed by atoms with van der Waals surface area (Å²) in [6, 6.07) is 2.61. The van der Waals surface area contributed by atoms with E-state index in [0.717, 1.165) is 69.0 Å². The van der Waals surface area contributed by atoms with E-state index in [0.29, 0.717) is 18.8 Å². The molecule has 4 heterocycles. The average molecular weight is 656 g/mol. The summed E-state index contributed by atoms with van der Waals surface area (Å²) in [7, 11) is -3.75. The van der Waals surface area contributed by atoms with Crippen molar-refractivity contribution in [2.24, 2.45) is 10.6 Å². The molecule has 3 saturated heterocycles. The van der Waals surface area contributed by atoms with Crippen LogP contribution in [0.2, 0.25) is 0 Å². The Morgan fingerprint density at radius 2 is 1.96 bits per heavy atom. The van der Waals surface area contributed by atoms with Crippen molar-refractivity contribution in [1.29, 1.82) is 0 Å². The van der Waals surface area contributed by atoms with Gasteiger partial charge in [0, 0.05) is 37.1 Å². The third-order valence-corrected chi connectivity index (χ3v) is 9.36. The standard InChI is InChI=1S/C29H40F3N7O5S/c1-19(2)39(14-26(31)32)28(40)23-11-20(30)3-6-24(23)44-25-12-34-18-35-27(25)38-16-29(17-38)7-9-37(10-8-29)13-22-5-4-21(15-43-22)36-45(33,41)42/h3,6,11-12,18-19,21-22,26,36H,4-5,7-10,13-17H2,1-2H3,(H2,33,41,42)/t21-,22+/m1/s1. The molecule has 45 heavy (non-hydrogen) atoms. The topological polar surface area (TPSA) is 143 Å². The minimum absolute atomic E-state index is 0.0256. The Bertz CT molecular complexity index is 1440. The Kier molecular flexibility index (Phi) is 10.2. The van der Waals surface area contributed by atoms with Crippen LogP contribution in [0.15, 0.2) is 30.7 Å². The van der Waals surface area contributed by atoms with E-state index in [-0.39, 0.29) is 34.6 Å². The summed E-state index contributed by atoms with van der Waals surface area (Å²) in [4.78, 5) is 27.2. The molecule has 0 bridgehead atoms. The van der Waals surface area contributed by atoms with Gasteiger partial charge in [-0.1, -0.05) is 0 Å². The number of hydrogen-bond acceptors (Lipinski definition) is 9. The molecule has 2 aromatic rings. The minimum atomic E-state index is -3.75. The van der Waals surface area contributed by atoms with Gasteiger partial charge in [0.05, 0.1) is 31.0 Å². The fourth-order valence-electron chi connectivity index (χ4n) is 6.33. The molecule has 3 aliphatic rings. The zero-order valence-electron chi connectivity index (χ0n) is 25.4. The van der Waals surface area contributed by atoms with Gasteiger partial charge in [-0.25, -0.2) is 28.3 Å². The third kappa shape index (κ3) is 8.41. The molecule has 0 aliphatic carbocycles. The Labute approximate surface area is 261 Å². The number of anilines is 1. The second-order valence-electron chi connectivity index (χ2n) is 12.4. The van der Waals surface area contributed by atoms with Crippen molar-refractivity contribution in [2.75, 3.05) is 50.8 Å². The van der Waals surface area contributed by atoms with E-state index < -0.39 is 40.9 Å². The van der Waals surface area contributed by atoms with Crippen LogP contribution in [-0.2, 0) is 14.9 Å². The van der Waals surface area contributed by atoms with E-state index in [1.807, 2.05) is 0 Å². The van der Waals surface area contributed by atoms with Gasteiger partial charge in [0.1, 0.15) is 17.9 Å². The summed E-state index contributed by atoms with van der Waals surface area (Å²) < 4.78 is 77.6. The first-order valence-corrected chi connectivity index (χ1v) is 16.6. The van der Waals surface area contributed by atoms with Gasteiger partial charge in [0.15, 0.2) is 11.6 Å². The van der Waals surface area contributed by atoms with Crippen molar-refractivity contribution in [3.05, 3.63) is 42.1 Å². The molecule has 12 nitrogen and oxygen atoms in total. The second kappa shape index (κ2) is 13.7. The Balaban J connectivity index is 1.18. The third-order valence-electron chi connectivity index (χ3n) is 8.70. The van der Waals surface area contributed by atoms with Crippen molar-refractivity contribution in [3.63, 3.8) is 0 Å². The average Bonchev–Trinajstić information content (AvgIpc) is 2.96. The number of ether oxygens (including phenoxy) is 2. The highest BCUT2D eigenvalue weighted by Crippen LogP contribution is 2.45. The zero-order valence-corrected chi connectivity index (χ0v) is 26.2. The van der Waals surface area contributed by atoms with Gasteiger partial charge in [-0.15, -0.1) is 0 Å². The van der Waals surface area contributed by atoms with Crippen molar-refractivity contribution in [2.45, 2.75) is 64.1 Å². The van der Waals surface area contributed by atoms with E-state index in [1.54, 1.807) is 13.8 Å². The van der Waals surface area contributed by atoms with E-state index >= 15 is 0 Å². The Morgan fingerprint density at radius 1 is 1.22 bits per heavy atom. The van der Waals surface area contributed by atoms with Crippen LogP contribution < -0.4 is 19.5 Å². The van der Waals surface area contributed by atoms with Crippen LogP contribution in [0, 0.1) is 11.2 Å². The van der Waals surface area contributed by atoms with Gasteiger partial charge in [0.25, 0.3) is 22.5 Å². The fraction of sp³-hybridized carbons (Fsp3) is 0.621. The first kappa shape index (κ1) is 33.3. The highest BCUT2D eigenvalue weighted by molar-refractivity contribution is 7.87. The molecule has 1 aromatic carbocycles. The highest BCUT2D eigenvalue weighted by Gasteiger charge is 2.46. The summed E-state index contributed by atoms with van der Waals surface area (Å²) in [6.07, 6.45) is 3.58. The number of nitrogens with two attached hydrogens (primary N) is 1. The number of alkyl halides is 2. The first-order chi connectivity index (χ1) is 21.3. The number of halogens is 3. The molecule has 16 heteroatoms. The van der Waals surface area contributed by atoms with E-state index in [1.165, 1.54) is 18.6 Å². The number of amides is 1. The number of benzene rings is 1. The number of nitrogens with zero attached hydrogens (tertiary/aromatic N) is 5. The molecular weight excluding hydrogens is 615 g/mol. The Morgan fingerprint density at radius 3 is 2.58 bits per heavy atom. The minimum Gasteiger partial charge on any atom is -0.451 e. The van der Waals surface area contributed by atoms with Gasteiger partial charge in [-0.2, -0.15) is 13.1 Å². The smallest absolute Gasteiger partial charge is 0.274 e. The number of likely N-dealkylation sites (tertiary alicyclic amines) is 1. The number of carbonyl (C=O) groups excluding carboxylic acids is 1. The fourth-order valence-corrected chi connectivity index (χ4v) is 6.98. The zero-order chi connectivity index (χ0) is 32.4. The monoisotopic (exact) mass is 655 g/mol. The molecule has 3 aliphatic heterocycles. The molecule has 1 amide bonds. The van der Waals surface area contributed by atoms with Crippen LogP contribution in [0.5, 0.6) is 11.5 Å². The van der Waals surface area contributed by atoms with E-state index in [4.69, 9.17) is 14.6 Å². The number of aromatic nitrogens is 2. The molecule has 2 atom stereocenters. The van der Waals surface area contributed by atoms with E-state index in [2.05, 4.69) is 24.5 Å². The first-order valence-electron chi connectivity index (χ1n) is 15.1. The lowest BCUT2D eigenvalue weighted by atomic mass is 9.72. The van der Waals surface area contributed by atoms with Crippen molar-refractivity contribution in [1.82, 2.24) is 24.5 Å². The molecule has 3 N–H and O–H groups in total. The van der Waals surface area contributed by atoms with Gasteiger partial charge < -0.3 is 24.2 Å². The molecule has 248 valence electrons. The maximum atomic E-state index is 14.2. The number of rotatable bonds is 11. The number of nitrogens with one attached hydrogen (secondary N) is 1. The van der Waals surface area contributed by atoms with Gasteiger partial charge in [-0.05, 0) is 70.8 Å². The molecule has 1 spiro atoms. The van der Waals surface area contributed by atoms with Crippen molar-refractivity contribution >= 4 is 21.9 Å². The van der Waals surface area contributed by atoms with Crippen LogP contribution in [0.1, 0.15) is 49.9 Å². The molecule has 5 rings (SSSR count). The lowest BCUT2D eigenvalue weighted by Gasteiger charge is -2.54. The Hall–Kier alpha value is -3.05. The predicted octanol–water partition coefficient (Wildman–Crippen LogP) is 2.77. The lowest BCUT2D eigenvalue weighted by Crippen LogP contribution is -2.61. The molecule has 0 saturated carbocycles. The molecule has 1 aromatic heterocycles. The molecule has 0 unspecified atom stereocenters. The van der Waals surface area contributed by atoms with Gasteiger partial charge in [0.2, 0.25) is 0 Å². The number of piperidine rings is 1. The summed E-state index contributed by atoms with van der Waals surface area (Å²) in [6.45, 7) is 6.85. The van der Waals surface area contributed by atoms with Crippen LogP contribution in [0.25, 0.3) is 0 Å². The molecule has 3 fully saturated rings. The van der Waals surface area contributed by atoms with Crippen LogP contribution in [0.4, 0.5) is 19.0 Å². The second-order valence-corrected chi connectivity index (χ2v) is 13.8. The van der Waals surface area contributed by atoms with E-state index in [9.17, 15) is 26.4 Å². The van der Waals surface area contributed by atoms with Gasteiger partial charge >= 0.3 is 0 Å². The normalized spacial score (nSPS) is 22.1. The number of carbonyl (C=O) groups is 1. The van der Waals surface area contributed by atoms with Crippen LogP contribution >= 0.6 is 0 Å².